The molecular formula is C14H14N2O5. The molecule has 0 unspecified atom stereocenters. The van der Waals surface area contributed by atoms with Crippen LogP contribution in [0.4, 0.5) is 5.69 Å². The summed E-state index contributed by atoms with van der Waals surface area (Å²) in [6, 6.07) is 3.80. The van der Waals surface area contributed by atoms with Crippen LogP contribution in [0.5, 0.6) is 0 Å². The van der Waals surface area contributed by atoms with E-state index in [1.807, 2.05) is 0 Å². The quantitative estimate of drug-likeness (QED) is 0.296. The van der Waals surface area contributed by atoms with Crippen LogP contribution >= 0.6 is 0 Å². The minimum atomic E-state index is -0.690. The first-order chi connectivity index (χ1) is 9.95. The molecule has 0 heterocycles. The fraction of sp³-hybridized carbons (Fsp3) is 0.286. The van der Waals surface area contributed by atoms with Crippen molar-refractivity contribution in [1.29, 1.82) is 0 Å². The number of nitro benzene ring substituents is 1. The van der Waals surface area contributed by atoms with Crippen molar-refractivity contribution in [2.45, 2.75) is 13.3 Å². The fourth-order valence-electron chi connectivity index (χ4n) is 1.49. The second-order valence-electron chi connectivity index (χ2n) is 4.01. The summed E-state index contributed by atoms with van der Waals surface area (Å²) in [6.07, 6.45) is 0.400. The highest BCUT2D eigenvalue weighted by molar-refractivity contribution is 5.93. The summed E-state index contributed by atoms with van der Waals surface area (Å²) < 4.78 is 4.58. The Morgan fingerprint density at radius 1 is 1.43 bits per heavy atom. The zero-order valence-electron chi connectivity index (χ0n) is 11.6. The number of ether oxygens (including phenoxy) is 1. The van der Waals surface area contributed by atoms with Gasteiger partial charge in [0.2, 0.25) is 5.91 Å². The van der Waals surface area contributed by atoms with Gasteiger partial charge in [-0.3, -0.25) is 14.9 Å². The molecule has 7 nitrogen and oxygen atoms in total. The van der Waals surface area contributed by atoms with Gasteiger partial charge < -0.3 is 10.1 Å². The Balaban J connectivity index is 2.95. The topological polar surface area (TPSA) is 98.5 Å². The largest absolute Gasteiger partial charge is 0.465 e. The third-order valence-corrected chi connectivity index (χ3v) is 2.47. The normalized spacial score (nSPS) is 9.24. The minimum Gasteiger partial charge on any atom is -0.465 e. The van der Waals surface area contributed by atoms with Crippen molar-refractivity contribution in [2.24, 2.45) is 0 Å². The van der Waals surface area contributed by atoms with Crippen LogP contribution in [0.25, 0.3) is 0 Å². The number of nitrogens with one attached hydrogen (secondary N) is 1. The molecule has 1 N–H and O–H groups in total. The van der Waals surface area contributed by atoms with Crippen LogP contribution < -0.4 is 5.32 Å². The molecule has 7 heteroatoms. The summed E-state index contributed by atoms with van der Waals surface area (Å²) in [7, 11) is 1.19. The molecule has 1 aromatic carbocycles. The number of carbonyl (C=O) groups excluding carboxylic acids is 2. The molecule has 1 aromatic rings. The lowest BCUT2D eigenvalue weighted by molar-refractivity contribution is -0.384. The number of nitro groups is 1. The molecule has 0 aromatic heterocycles. The summed E-state index contributed by atoms with van der Waals surface area (Å²) in [6.45, 7) is 1.79. The molecule has 1 rings (SSSR count). The number of hydrogen-bond donors (Lipinski definition) is 1. The number of carbonyl (C=O) groups is 2. The minimum absolute atomic E-state index is 0.0405. The Morgan fingerprint density at radius 3 is 2.71 bits per heavy atom. The maximum absolute atomic E-state index is 11.6. The first kappa shape index (κ1) is 16.2. The maximum Gasteiger partial charge on any atom is 0.339 e. The highest BCUT2D eigenvalue weighted by Crippen LogP contribution is 2.18. The third-order valence-electron chi connectivity index (χ3n) is 2.47. The van der Waals surface area contributed by atoms with Gasteiger partial charge in [0.1, 0.15) is 0 Å². The van der Waals surface area contributed by atoms with Gasteiger partial charge in [-0.1, -0.05) is 11.8 Å². The van der Waals surface area contributed by atoms with E-state index in [9.17, 15) is 19.7 Å². The molecule has 21 heavy (non-hydrogen) atoms. The standard InChI is InChI=1S/C14H14N2O5/c1-10(17)15-8-4-3-5-11-6-7-12(16(19)20)9-13(11)14(18)21-2/h6-7,9H,4,8H2,1-2H3,(H,15,17). The molecule has 0 bridgehead atoms. The van der Waals surface area contributed by atoms with Crippen molar-refractivity contribution in [3.05, 3.63) is 39.4 Å². The highest BCUT2D eigenvalue weighted by atomic mass is 16.6. The molecule has 0 saturated carbocycles. The number of non-ortho nitro benzene ring substituents is 1. The number of hydrogen-bond acceptors (Lipinski definition) is 5. The van der Waals surface area contributed by atoms with Crippen molar-refractivity contribution < 1.29 is 19.2 Å². The van der Waals surface area contributed by atoms with E-state index in [-0.39, 0.29) is 17.2 Å². The van der Waals surface area contributed by atoms with E-state index in [2.05, 4.69) is 21.9 Å². The van der Waals surface area contributed by atoms with Crippen molar-refractivity contribution in [2.75, 3.05) is 13.7 Å². The van der Waals surface area contributed by atoms with Gasteiger partial charge in [-0.2, -0.15) is 0 Å². The van der Waals surface area contributed by atoms with Crippen molar-refractivity contribution >= 4 is 17.6 Å². The number of rotatable bonds is 4. The van der Waals surface area contributed by atoms with Gasteiger partial charge in [0.25, 0.3) is 5.69 Å². The monoisotopic (exact) mass is 290 g/mol. The van der Waals surface area contributed by atoms with E-state index < -0.39 is 10.9 Å². The fourth-order valence-corrected chi connectivity index (χ4v) is 1.49. The molecule has 0 spiro atoms. The van der Waals surface area contributed by atoms with Crippen molar-refractivity contribution in [1.82, 2.24) is 5.32 Å². The van der Waals surface area contributed by atoms with Gasteiger partial charge in [0, 0.05) is 37.6 Å². The zero-order valence-corrected chi connectivity index (χ0v) is 11.6. The number of methoxy groups -OCH3 is 1. The van der Waals surface area contributed by atoms with E-state index in [0.717, 1.165) is 6.07 Å². The average molecular weight is 290 g/mol. The Bertz CT molecular complexity index is 628. The Labute approximate surface area is 121 Å². The van der Waals surface area contributed by atoms with Crippen LogP contribution in [0.15, 0.2) is 18.2 Å². The predicted octanol–water partition coefficient (Wildman–Crippen LogP) is 1.26. The van der Waals surface area contributed by atoms with E-state index in [4.69, 9.17) is 0 Å². The second-order valence-corrected chi connectivity index (χ2v) is 4.01. The molecular weight excluding hydrogens is 276 g/mol. The summed E-state index contributed by atoms with van der Waals surface area (Å²) in [5, 5.41) is 13.3. The molecule has 0 fully saturated rings. The predicted molar refractivity (Wildman–Crippen MR) is 74.6 cm³/mol. The second kappa shape index (κ2) is 7.65. The van der Waals surface area contributed by atoms with Gasteiger partial charge in [-0.25, -0.2) is 4.79 Å². The lowest BCUT2D eigenvalue weighted by Gasteiger charge is -2.02. The number of esters is 1. The Hall–Kier alpha value is -2.88. The number of amides is 1. The Morgan fingerprint density at radius 2 is 2.14 bits per heavy atom. The van der Waals surface area contributed by atoms with E-state index in [0.29, 0.717) is 18.5 Å². The van der Waals surface area contributed by atoms with Crippen LogP contribution in [0.3, 0.4) is 0 Å². The molecule has 110 valence electrons. The summed E-state index contributed by atoms with van der Waals surface area (Å²) in [5.41, 5.74) is 0.174. The molecule has 0 aliphatic heterocycles. The first-order valence-corrected chi connectivity index (χ1v) is 6.05. The molecule has 0 radical (unpaired) electrons. The van der Waals surface area contributed by atoms with Crippen LogP contribution in [-0.4, -0.2) is 30.5 Å². The van der Waals surface area contributed by atoms with Gasteiger partial charge in [-0.05, 0) is 6.07 Å². The van der Waals surface area contributed by atoms with Crippen LogP contribution in [0.2, 0.25) is 0 Å². The van der Waals surface area contributed by atoms with Gasteiger partial charge in [-0.15, -0.1) is 0 Å². The molecule has 0 atom stereocenters. The Kier molecular flexibility index (Phi) is 5.89. The number of nitrogens with zero attached hydrogens (tertiary/aromatic N) is 1. The first-order valence-electron chi connectivity index (χ1n) is 6.05. The summed E-state index contributed by atoms with van der Waals surface area (Å²) >= 11 is 0. The van der Waals surface area contributed by atoms with Crippen LogP contribution in [-0.2, 0) is 9.53 Å². The van der Waals surface area contributed by atoms with Crippen LogP contribution in [0, 0.1) is 22.0 Å². The third kappa shape index (κ3) is 4.95. The smallest absolute Gasteiger partial charge is 0.339 e. The SMILES string of the molecule is COC(=O)c1cc([N+](=O)[O-])ccc1C#CCCNC(C)=O. The molecule has 0 aliphatic rings. The van der Waals surface area contributed by atoms with Crippen molar-refractivity contribution in [3.8, 4) is 11.8 Å². The van der Waals surface area contributed by atoms with Crippen LogP contribution in [0.1, 0.15) is 29.3 Å². The van der Waals surface area contributed by atoms with E-state index >= 15 is 0 Å². The van der Waals surface area contributed by atoms with Gasteiger partial charge >= 0.3 is 5.97 Å². The van der Waals surface area contributed by atoms with E-state index in [1.54, 1.807) is 0 Å². The van der Waals surface area contributed by atoms with E-state index in [1.165, 1.54) is 26.2 Å². The zero-order chi connectivity index (χ0) is 15.8. The summed E-state index contributed by atoms with van der Waals surface area (Å²) in [4.78, 5) is 32.4. The molecule has 0 aliphatic carbocycles. The lowest BCUT2D eigenvalue weighted by Crippen LogP contribution is -2.20. The highest BCUT2D eigenvalue weighted by Gasteiger charge is 2.16. The molecule has 1 amide bonds. The number of benzene rings is 1. The van der Waals surface area contributed by atoms with Crippen molar-refractivity contribution in [3.63, 3.8) is 0 Å². The molecule has 0 saturated heterocycles. The maximum atomic E-state index is 11.6. The summed E-state index contributed by atoms with van der Waals surface area (Å²) in [5.74, 6) is 4.69. The average Bonchev–Trinajstić information content (AvgIpc) is 2.45. The lowest BCUT2D eigenvalue weighted by atomic mass is 10.1. The van der Waals surface area contributed by atoms with Gasteiger partial charge in [0.05, 0.1) is 17.6 Å². The van der Waals surface area contributed by atoms with Gasteiger partial charge in [0.15, 0.2) is 0 Å².